The molecule has 0 spiro atoms. The molecule has 0 unspecified atom stereocenters. The number of carbonyl (C=O) groups is 1. The number of carbonyl (C=O) groups excluding carboxylic acids is 1. The lowest BCUT2D eigenvalue weighted by Gasteiger charge is -2.29. The second kappa shape index (κ2) is 7.30. The van der Waals surface area contributed by atoms with Gasteiger partial charge in [-0.1, -0.05) is 30.3 Å². The fourth-order valence-corrected chi connectivity index (χ4v) is 3.70. The van der Waals surface area contributed by atoms with Crippen LogP contribution < -0.4 is 5.32 Å². The lowest BCUT2D eigenvalue weighted by atomic mass is 9.92. The summed E-state index contributed by atoms with van der Waals surface area (Å²) in [5, 5.41) is 22.6. The molecule has 29 heavy (non-hydrogen) atoms. The van der Waals surface area contributed by atoms with Crippen molar-refractivity contribution in [1.29, 1.82) is 5.26 Å². The molecule has 0 aliphatic heterocycles. The van der Waals surface area contributed by atoms with Gasteiger partial charge >= 0.3 is 0 Å². The van der Waals surface area contributed by atoms with Gasteiger partial charge in [-0.05, 0) is 43.9 Å². The van der Waals surface area contributed by atoms with Crippen LogP contribution in [0.4, 0.5) is 10.3 Å². The van der Waals surface area contributed by atoms with Gasteiger partial charge in [-0.2, -0.15) is 5.26 Å². The standard InChI is InChI=1S/C22H21FN4O2/c1-22(29,15-6-3-2-4-7-15)12-18(28)26-21-25-17-11-10-14(13-24)19(23)20(17)27(21)16-8-5-9-16/h2-4,6-7,10-11,16,29H,5,8-9,12H2,1H3,(H,25,26,28)/t22-/m1/s1. The van der Waals surface area contributed by atoms with E-state index < -0.39 is 17.3 Å². The molecule has 148 valence electrons. The minimum atomic E-state index is -1.35. The maximum Gasteiger partial charge on any atom is 0.229 e. The normalized spacial score (nSPS) is 16.1. The summed E-state index contributed by atoms with van der Waals surface area (Å²) in [7, 11) is 0. The van der Waals surface area contributed by atoms with Crippen molar-refractivity contribution in [3.63, 3.8) is 0 Å². The van der Waals surface area contributed by atoms with Gasteiger partial charge < -0.3 is 9.67 Å². The van der Waals surface area contributed by atoms with Gasteiger partial charge in [0.1, 0.15) is 11.6 Å². The predicted octanol–water partition coefficient (Wildman–Crippen LogP) is 4.01. The average molecular weight is 392 g/mol. The van der Waals surface area contributed by atoms with Gasteiger partial charge in [0.05, 0.1) is 23.1 Å². The zero-order chi connectivity index (χ0) is 20.6. The first-order valence-electron chi connectivity index (χ1n) is 9.59. The fourth-order valence-electron chi connectivity index (χ4n) is 3.70. The highest BCUT2D eigenvalue weighted by molar-refractivity contribution is 5.92. The van der Waals surface area contributed by atoms with E-state index in [9.17, 15) is 14.3 Å². The number of nitrogens with one attached hydrogen (secondary N) is 1. The zero-order valence-corrected chi connectivity index (χ0v) is 16.0. The van der Waals surface area contributed by atoms with Gasteiger partial charge in [0, 0.05) is 6.04 Å². The summed E-state index contributed by atoms with van der Waals surface area (Å²) in [6.07, 6.45) is 2.55. The van der Waals surface area contributed by atoms with Gasteiger partial charge in [-0.15, -0.1) is 0 Å². The number of hydrogen-bond donors (Lipinski definition) is 2. The first kappa shape index (κ1) is 19.1. The molecule has 0 radical (unpaired) electrons. The smallest absolute Gasteiger partial charge is 0.229 e. The molecule has 0 saturated heterocycles. The lowest BCUT2D eigenvalue weighted by Crippen LogP contribution is -2.30. The number of hydrogen-bond acceptors (Lipinski definition) is 4. The molecule has 1 amide bonds. The molecule has 1 fully saturated rings. The molecule has 7 heteroatoms. The summed E-state index contributed by atoms with van der Waals surface area (Å²) in [4.78, 5) is 17.1. The van der Waals surface area contributed by atoms with Crippen LogP contribution in [-0.2, 0) is 10.4 Å². The molecular formula is C22H21FN4O2. The van der Waals surface area contributed by atoms with E-state index in [1.807, 2.05) is 12.1 Å². The number of rotatable bonds is 5. The van der Waals surface area contributed by atoms with E-state index in [-0.39, 0.29) is 29.5 Å². The number of halogens is 1. The fraction of sp³-hybridized carbons (Fsp3) is 0.318. The maximum absolute atomic E-state index is 14.9. The Balaban J connectivity index is 1.66. The minimum Gasteiger partial charge on any atom is -0.385 e. The summed E-state index contributed by atoms with van der Waals surface area (Å²) in [6.45, 7) is 1.58. The van der Waals surface area contributed by atoms with E-state index >= 15 is 0 Å². The van der Waals surface area contributed by atoms with Gasteiger partial charge in [-0.25, -0.2) is 9.37 Å². The third-order valence-electron chi connectivity index (χ3n) is 5.50. The number of nitriles is 1. The first-order valence-corrected chi connectivity index (χ1v) is 9.59. The van der Waals surface area contributed by atoms with E-state index in [1.54, 1.807) is 41.8 Å². The van der Waals surface area contributed by atoms with E-state index in [0.717, 1.165) is 19.3 Å². The number of anilines is 1. The molecule has 0 bridgehead atoms. The molecule has 1 aromatic heterocycles. The summed E-state index contributed by atoms with van der Waals surface area (Å²) >= 11 is 0. The third kappa shape index (κ3) is 3.47. The van der Waals surface area contributed by atoms with Crippen molar-refractivity contribution in [3.05, 3.63) is 59.4 Å². The SMILES string of the molecule is C[C@@](O)(CC(=O)Nc1nc2ccc(C#N)c(F)c2n1C1CCC1)c1ccccc1. The Morgan fingerprint density at radius 1 is 1.34 bits per heavy atom. The molecule has 1 aliphatic rings. The van der Waals surface area contributed by atoms with Crippen molar-refractivity contribution in [3.8, 4) is 6.07 Å². The van der Waals surface area contributed by atoms with Crippen LogP contribution in [0.1, 0.15) is 49.8 Å². The van der Waals surface area contributed by atoms with Crippen molar-refractivity contribution >= 4 is 22.9 Å². The van der Waals surface area contributed by atoms with Crippen LogP contribution in [0.2, 0.25) is 0 Å². The van der Waals surface area contributed by atoms with Gasteiger partial charge in [0.25, 0.3) is 0 Å². The predicted molar refractivity (Wildman–Crippen MR) is 107 cm³/mol. The van der Waals surface area contributed by atoms with Crippen molar-refractivity contribution in [2.75, 3.05) is 5.32 Å². The van der Waals surface area contributed by atoms with Crippen molar-refractivity contribution < 1.29 is 14.3 Å². The number of fused-ring (bicyclic) bond motifs is 1. The van der Waals surface area contributed by atoms with Crippen LogP contribution in [0.5, 0.6) is 0 Å². The molecular weight excluding hydrogens is 371 g/mol. The molecule has 2 aromatic carbocycles. The van der Waals surface area contributed by atoms with E-state index in [2.05, 4.69) is 10.3 Å². The van der Waals surface area contributed by atoms with Crippen LogP contribution >= 0.6 is 0 Å². The third-order valence-corrected chi connectivity index (χ3v) is 5.50. The van der Waals surface area contributed by atoms with Crippen molar-refractivity contribution in [1.82, 2.24) is 9.55 Å². The van der Waals surface area contributed by atoms with Crippen LogP contribution in [0.25, 0.3) is 11.0 Å². The Hall–Kier alpha value is -3.24. The maximum atomic E-state index is 14.9. The summed E-state index contributed by atoms with van der Waals surface area (Å²) in [5.74, 6) is -0.801. The van der Waals surface area contributed by atoms with Crippen LogP contribution in [0, 0.1) is 17.1 Å². The number of aliphatic hydroxyl groups is 1. The number of benzene rings is 2. The highest BCUT2D eigenvalue weighted by Crippen LogP contribution is 2.38. The molecule has 1 heterocycles. The molecule has 1 saturated carbocycles. The quantitative estimate of drug-likeness (QED) is 0.686. The highest BCUT2D eigenvalue weighted by atomic mass is 19.1. The molecule has 4 rings (SSSR count). The number of aromatic nitrogens is 2. The number of imidazole rings is 1. The lowest BCUT2D eigenvalue weighted by molar-refractivity contribution is -0.120. The van der Waals surface area contributed by atoms with E-state index in [1.165, 1.54) is 6.07 Å². The van der Waals surface area contributed by atoms with Crippen LogP contribution in [0.15, 0.2) is 42.5 Å². The molecule has 2 N–H and O–H groups in total. The van der Waals surface area contributed by atoms with Crippen LogP contribution in [-0.4, -0.2) is 20.6 Å². The molecule has 3 aromatic rings. The first-order chi connectivity index (χ1) is 13.9. The van der Waals surface area contributed by atoms with Gasteiger partial charge in [0.15, 0.2) is 5.82 Å². The summed E-state index contributed by atoms with van der Waals surface area (Å²) in [6, 6.07) is 13.8. The topological polar surface area (TPSA) is 90.9 Å². The minimum absolute atomic E-state index is 0.0216. The van der Waals surface area contributed by atoms with Gasteiger partial charge in [0.2, 0.25) is 11.9 Å². The van der Waals surface area contributed by atoms with Crippen LogP contribution in [0.3, 0.4) is 0 Å². The summed E-state index contributed by atoms with van der Waals surface area (Å²) < 4.78 is 16.5. The average Bonchev–Trinajstić information content (AvgIpc) is 2.99. The Bertz CT molecular complexity index is 1110. The van der Waals surface area contributed by atoms with E-state index in [0.29, 0.717) is 11.1 Å². The Morgan fingerprint density at radius 3 is 2.69 bits per heavy atom. The summed E-state index contributed by atoms with van der Waals surface area (Å²) in [5.41, 5.74) is -0.148. The zero-order valence-electron chi connectivity index (χ0n) is 16.0. The number of nitrogens with zero attached hydrogens (tertiary/aromatic N) is 3. The Labute approximate surface area is 167 Å². The number of amides is 1. The molecule has 1 atom stereocenters. The van der Waals surface area contributed by atoms with Crippen molar-refractivity contribution in [2.24, 2.45) is 0 Å². The highest BCUT2D eigenvalue weighted by Gasteiger charge is 2.30. The molecule has 1 aliphatic carbocycles. The monoisotopic (exact) mass is 392 g/mol. The Morgan fingerprint density at radius 2 is 2.07 bits per heavy atom. The second-order valence-electron chi connectivity index (χ2n) is 7.66. The molecule has 6 nitrogen and oxygen atoms in total. The van der Waals surface area contributed by atoms with Crippen molar-refractivity contribution in [2.45, 2.75) is 44.2 Å². The van der Waals surface area contributed by atoms with E-state index in [4.69, 9.17) is 5.26 Å². The largest absolute Gasteiger partial charge is 0.385 e. The Kier molecular flexibility index (Phi) is 4.81. The van der Waals surface area contributed by atoms with Gasteiger partial charge in [-0.3, -0.25) is 10.1 Å². The second-order valence-corrected chi connectivity index (χ2v) is 7.66.